The largest absolute Gasteiger partial charge is 0.508 e. The third kappa shape index (κ3) is 3.06. The van der Waals surface area contributed by atoms with E-state index in [0.717, 1.165) is 6.07 Å². The number of phenols is 1. The predicted molar refractivity (Wildman–Crippen MR) is 64.5 cm³/mol. The van der Waals surface area contributed by atoms with Crippen molar-refractivity contribution in [2.45, 2.75) is 12.8 Å². The molecule has 0 fully saturated rings. The highest BCUT2D eigenvalue weighted by Crippen LogP contribution is 2.35. The maximum atomic E-state index is 12.6. The molecule has 0 saturated carbocycles. The van der Waals surface area contributed by atoms with Crippen LogP contribution in [0, 0.1) is 0 Å². The Morgan fingerprint density at radius 2 is 1.53 bits per heavy atom. The molecule has 0 unspecified atom stereocenters. The standard InChI is InChI=1S/C14H11F3O2/c15-14(16,17)12-5-11(6-13(19)7-12)10-3-1-9(8-18)2-4-10/h1-7,18-19H,8H2. The second-order valence-electron chi connectivity index (χ2n) is 4.12. The summed E-state index contributed by atoms with van der Waals surface area (Å²) in [4.78, 5) is 0. The van der Waals surface area contributed by atoms with Gasteiger partial charge in [-0.2, -0.15) is 13.2 Å². The number of halogens is 3. The number of hydrogen-bond acceptors (Lipinski definition) is 2. The number of aliphatic hydroxyl groups excluding tert-OH is 1. The lowest BCUT2D eigenvalue weighted by molar-refractivity contribution is -0.137. The minimum absolute atomic E-state index is 0.131. The molecule has 0 amide bonds. The molecule has 0 radical (unpaired) electrons. The summed E-state index contributed by atoms with van der Waals surface area (Å²) in [5.41, 5.74) is 0.587. The molecule has 0 aromatic heterocycles. The van der Waals surface area contributed by atoms with Gasteiger partial charge in [0.05, 0.1) is 12.2 Å². The average Bonchev–Trinajstić information content (AvgIpc) is 2.37. The number of benzene rings is 2. The Morgan fingerprint density at radius 1 is 0.895 bits per heavy atom. The van der Waals surface area contributed by atoms with Crippen molar-refractivity contribution in [3.05, 3.63) is 53.6 Å². The Balaban J connectivity index is 2.46. The van der Waals surface area contributed by atoms with E-state index in [9.17, 15) is 18.3 Å². The van der Waals surface area contributed by atoms with Gasteiger partial charge in [-0.05, 0) is 34.9 Å². The van der Waals surface area contributed by atoms with Gasteiger partial charge in [-0.3, -0.25) is 0 Å². The molecule has 100 valence electrons. The van der Waals surface area contributed by atoms with E-state index in [4.69, 9.17) is 5.11 Å². The molecular formula is C14H11F3O2. The predicted octanol–water partition coefficient (Wildman–Crippen LogP) is 3.57. The highest BCUT2D eigenvalue weighted by molar-refractivity contribution is 5.66. The fourth-order valence-electron chi connectivity index (χ4n) is 1.74. The van der Waals surface area contributed by atoms with Crippen molar-refractivity contribution in [2.75, 3.05) is 0 Å². The van der Waals surface area contributed by atoms with Crippen LogP contribution in [0.4, 0.5) is 13.2 Å². The summed E-state index contributed by atoms with van der Waals surface area (Å²) in [5, 5.41) is 18.3. The van der Waals surface area contributed by atoms with Crippen LogP contribution in [0.25, 0.3) is 11.1 Å². The van der Waals surface area contributed by atoms with E-state index >= 15 is 0 Å². The van der Waals surface area contributed by atoms with Crippen LogP contribution >= 0.6 is 0 Å². The molecule has 5 heteroatoms. The Hall–Kier alpha value is -2.01. The van der Waals surface area contributed by atoms with E-state index in [2.05, 4.69) is 0 Å². The van der Waals surface area contributed by atoms with Crippen LogP contribution in [0.15, 0.2) is 42.5 Å². The van der Waals surface area contributed by atoms with Gasteiger partial charge in [-0.1, -0.05) is 24.3 Å². The smallest absolute Gasteiger partial charge is 0.416 e. The molecular weight excluding hydrogens is 257 g/mol. The summed E-state index contributed by atoms with van der Waals surface area (Å²) < 4.78 is 37.9. The summed E-state index contributed by atoms with van der Waals surface area (Å²) in [6.07, 6.45) is -4.50. The Morgan fingerprint density at radius 3 is 2.05 bits per heavy atom. The second kappa shape index (κ2) is 4.93. The third-order valence-electron chi connectivity index (χ3n) is 2.71. The van der Waals surface area contributed by atoms with Crippen molar-refractivity contribution in [1.82, 2.24) is 0 Å². The van der Waals surface area contributed by atoms with Gasteiger partial charge in [-0.15, -0.1) is 0 Å². The molecule has 0 spiro atoms. The highest BCUT2D eigenvalue weighted by atomic mass is 19.4. The maximum absolute atomic E-state index is 12.6. The average molecular weight is 268 g/mol. The number of rotatable bonds is 2. The molecule has 0 bridgehead atoms. The molecule has 0 saturated heterocycles. The van der Waals surface area contributed by atoms with Gasteiger partial charge in [0.2, 0.25) is 0 Å². The quantitative estimate of drug-likeness (QED) is 0.874. The van der Waals surface area contributed by atoms with E-state index in [-0.39, 0.29) is 12.2 Å². The molecule has 0 aliphatic carbocycles. The van der Waals surface area contributed by atoms with E-state index < -0.39 is 17.5 Å². The summed E-state index contributed by atoms with van der Waals surface area (Å²) in [5.74, 6) is -0.434. The Labute approximate surface area is 107 Å². The summed E-state index contributed by atoms with van der Waals surface area (Å²) in [6.45, 7) is -0.131. The lowest BCUT2D eigenvalue weighted by Crippen LogP contribution is -2.04. The summed E-state index contributed by atoms with van der Waals surface area (Å²) >= 11 is 0. The highest BCUT2D eigenvalue weighted by Gasteiger charge is 2.31. The van der Waals surface area contributed by atoms with Gasteiger partial charge in [0, 0.05) is 0 Å². The molecule has 2 rings (SSSR count). The van der Waals surface area contributed by atoms with Gasteiger partial charge in [0.25, 0.3) is 0 Å². The zero-order chi connectivity index (χ0) is 14.0. The monoisotopic (exact) mass is 268 g/mol. The number of hydrogen-bond donors (Lipinski definition) is 2. The fourth-order valence-corrected chi connectivity index (χ4v) is 1.74. The number of aliphatic hydroxyl groups is 1. The zero-order valence-corrected chi connectivity index (χ0v) is 9.78. The van der Waals surface area contributed by atoms with Gasteiger partial charge >= 0.3 is 6.18 Å². The molecule has 2 N–H and O–H groups in total. The first kappa shape index (κ1) is 13.4. The number of alkyl halides is 3. The second-order valence-corrected chi connectivity index (χ2v) is 4.12. The SMILES string of the molecule is OCc1ccc(-c2cc(O)cc(C(F)(F)F)c2)cc1. The van der Waals surface area contributed by atoms with Gasteiger partial charge < -0.3 is 10.2 Å². The van der Waals surface area contributed by atoms with E-state index in [1.165, 1.54) is 6.07 Å². The normalized spacial score (nSPS) is 11.6. The van der Waals surface area contributed by atoms with Crippen LogP contribution in [0.2, 0.25) is 0 Å². The molecule has 2 aromatic carbocycles. The summed E-state index contributed by atoms with van der Waals surface area (Å²) in [7, 11) is 0. The van der Waals surface area contributed by atoms with E-state index in [1.807, 2.05) is 0 Å². The lowest BCUT2D eigenvalue weighted by Gasteiger charge is -2.10. The van der Waals surface area contributed by atoms with Crippen molar-refractivity contribution in [3.8, 4) is 16.9 Å². The number of aromatic hydroxyl groups is 1. The lowest BCUT2D eigenvalue weighted by atomic mass is 10.0. The zero-order valence-electron chi connectivity index (χ0n) is 9.78. The third-order valence-corrected chi connectivity index (χ3v) is 2.71. The van der Waals surface area contributed by atoms with Crippen molar-refractivity contribution >= 4 is 0 Å². The maximum Gasteiger partial charge on any atom is 0.416 e. The van der Waals surface area contributed by atoms with Gasteiger partial charge in [0.15, 0.2) is 0 Å². The molecule has 2 aromatic rings. The van der Waals surface area contributed by atoms with Crippen LogP contribution < -0.4 is 0 Å². The molecule has 19 heavy (non-hydrogen) atoms. The van der Waals surface area contributed by atoms with Gasteiger partial charge in [0.1, 0.15) is 5.75 Å². The molecule has 2 nitrogen and oxygen atoms in total. The first-order valence-corrected chi connectivity index (χ1v) is 5.51. The summed E-state index contributed by atoms with van der Waals surface area (Å²) in [6, 6.07) is 9.36. The Bertz CT molecular complexity index is 574. The molecule has 0 aliphatic rings. The van der Waals surface area contributed by atoms with Crippen molar-refractivity contribution in [1.29, 1.82) is 0 Å². The topological polar surface area (TPSA) is 40.5 Å². The molecule has 0 heterocycles. The number of phenolic OH excluding ortho intramolecular Hbond substituents is 1. The Kier molecular flexibility index (Phi) is 3.48. The van der Waals surface area contributed by atoms with Crippen molar-refractivity contribution < 1.29 is 23.4 Å². The fraction of sp³-hybridized carbons (Fsp3) is 0.143. The van der Waals surface area contributed by atoms with Crippen molar-refractivity contribution in [2.24, 2.45) is 0 Å². The minimum Gasteiger partial charge on any atom is -0.508 e. The van der Waals surface area contributed by atoms with E-state index in [1.54, 1.807) is 24.3 Å². The first-order chi connectivity index (χ1) is 8.90. The molecule has 0 atom stereocenters. The van der Waals surface area contributed by atoms with Crippen LogP contribution in [0.3, 0.4) is 0 Å². The molecule has 0 aliphatic heterocycles. The van der Waals surface area contributed by atoms with E-state index in [0.29, 0.717) is 17.2 Å². The van der Waals surface area contributed by atoms with Crippen LogP contribution in [-0.2, 0) is 12.8 Å². The van der Waals surface area contributed by atoms with Crippen LogP contribution in [0.1, 0.15) is 11.1 Å². The van der Waals surface area contributed by atoms with Crippen molar-refractivity contribution in [3.63, 3.8) is 0 Å². The first-order valence-electron chi connectivity index (χ1n) is 5.51. The minimum atomic E-state index is -4.50. The van der Waals surface area contributed by atoms with Gasteiger partial charge in [-0.25, -0.2) is 0 Å². The van der Waals surface area contributed by atoms with Crippen LogP contribution in [-0.4, -0.2) is 10.2 Å². The van der Waals surface area contributed by atoms with Crippen LogP contribution in [0.5, 0.6) is 5.75 Å².